The van der Waals surface area contributed by atoms with Gasteiger partial charge in [-0.1, -0.05) is 50.2 Å². The largest absolute Gasteiger partial charge is 0.379 e. The summed E-state index contributed by atoms with van der Waals surface area (Å²) >= 11 is 0. The number of carbonyl (C=O) groups is 1. The first-order valence-electron chi connectivity index (χ1n) is 10.7. The smallest absolute Gasteiger partial charge is 0.244 e. The van der Waals surface area contributed by atoms with Crippen molar-refractivity contribution in [3.8, 4) is 0 Å². The maximum atomic E-state index is 14.0. The summed E-state index contributed by atoms with van der Waals surface area (Å²) in [6.45, 7) is 7.62. The molecule has 7 nitrogen and oxygen atoms in total. The first kappa shape index (κ1) is 24.3. The van der Waals surface area contributed by atoms with Crippen LogP contribution < -0.4 is 10.0 Å². The maximum absolute atomic E-state index is 14.0. The number of halogens is 1. The Morgan fingerprint density at radius 1 is 1.06 bits per heavy atom. The van der Waals surface area contributed by atoms with Crippen molar-refractivity contribution in [1.29, 1.82) is 0 Å². The predicted octanol–water partition coefficient (Wildman–Crippen LogP) is 2.28. The minimum atomic E-state index is -4.19. The summed E-state index contributed by atoms with van der Waals surface area (Å²) in [4.78, 5) is 14.7. The minimum absolute atomic E-state index is 0.268. The Kier molecular flexibility index (Phi) is 8.36. The fourth-order valence-electron chi connectivity index (χ4n) is 3.56. The van der Waals surface area contributed by atoms with Gasteiger partial charge in [-0.15, -0.1) is 0 Å². The number of hydrogen-bond donors (Lipinski definition) is 2. The second kappa shape index (κ2) is 11.0. The molecule has 0 spiro atoms. The molecule has 0 saturated carbocycles. The SMILES string of the molecule is CC(C)[C@H](NS(=O)(=O)c1ccccc1F)C(=O)NCc1ccccc1CN1CCOCC1. The van der Waals surface area contributed by atoms with Gasteiger partial charge in [-0.3, -0.25) is 9.69 Å². The van der Waals surface area contributed by atoms with Gasteiger partial charge in [-0.2, -0.15) is 4.72 Å². The highest BCUT2D eigenvalue weighted by molar-refractivity contribution is 7.89. The van der Waals surface area contributed by atoms with Crippen LogP contribution in [0.3, 0.4) is 0 Å². The van der Waals surface area contributed by atoms with Gasteiger partial charge in [-0.05, 0) is 29.2 Å². The molecule has 1 aliphatic rings. The molecule has 0 aliphatic carbocycles. The minimum Gasteiger partial charge on any atom is -0.379 e. The quantitative estimate of drug-likeness (QED) is 0.596. The number of nitrogens with one attached hydrogen (secondary N) is 2. The molecule has 0 unspecified atom stereocenters. The highest BCUT2D eigenvalue weighted by Gasteiger charge is 2.29. The van der Waals surface area contributed by atoms with Crippen LogP contribution in [0.5, 0.6) is 0 Å². The van der Waals surface area contributed by atoms with Gasteiger partial charge in [0.05, 0.1) is 13.2 Å². The molecule has 32 heavy (non-hydrogen) atoms. The van der Waals surface area contributed by atoms with Gasteiger partial charge < -0.3 is 10.1 Å². The van der Waals surface area contributed by atoms with Crippen molar-refractivity contribution < 1.29 is 22.3 Å². The molecule has 1 fully saturated rings. The number of morpholine rings is 1. The number of sulfonamides is 1. The van der Waals surface area contributed by atoms with Crippen molar-refractivity contribution in [3.05, 3.63) is 65.5 Å². The van der Waals surface area contributed by atoms with Gasteiger partial charge in [0.2, 0.25) is 15.9 Å². The molecule has 9 heteroatoms. The second-order valence-corrected chi connectivity index (χ2v) is 9.83. The summed E-state index contributed by atoms with van der Waals surface area (Å²) in [5, 5.41) is 2.84. The number of benzene rings is 2. The van der Waals surface area contributed by atoms with E-state index in [0.717, 1.165) is 36.8 Å². The molecule has 2 N–H and O–H groups in total. The number of nitrogens with zero attached hydrogens (tertiary/aromatic N) is 1. The number of hydrogen-bond acceptors (Lipinski definition) is 5. The monoisotopic (exact) mass is 463 g/mol. The third-order valence-corrected chi connectivity index (χ3v) is 6.90. The summed E-state index contributed by atoms with van der Waals surface area (Å²) in [7, 11) is -4.19. The van der Waals surface area contributed by atoms with Crippen molar-refractivity contribution in [1.82, 2.24) is 14.9 Å². The van der Waals surface area contributed by atoms with Gasteiger partial charge >= 0.3 is 0 Å². The van der Waals surface area contributed by atoms with Crippen LogP contribution in [0, 0.1) is 11.7 Å². The predicted molar refractivity (Wildman–Crippen MR) is 120 cm³/mol. The lowest BCUT2D eigenvalue weighted by atomic mass is 10.0. The Bertz CT molecular complexity index is 1020. The number of amides is 1. The van der Waals surface area contributed by atoms with E-state index in [1.165, 1.54) is 18.2 Å². The first-order valence-corrected chi connectivity index (χ1v) is 12.2. The summed E-state index contributed by atoms with van der Waals surface area (Å²) < 4.78 is 47.1. The molecular weight excluding hydrogens is 433 g/mol. The number of rotatable bonds is 9. The van der Waals surface area contributed by atoms with Crippen LogP contribution in [0.25, 0.3) is 0 Å². The van der Waals surface area contributed by atoms with E-state index in [-0.39, 0.29) is 12.5 Å². The van der Waals surface area contributed by atoms with Crippen molar-refractivity contribution in [2.75, 3.05) is 26.3 Å². The average Bonchev–Trinajstić information content (AvgIpc) is 2.77. The van der Waals surface area contributed by atoms with Gasteiger partial charge in [0, 0.05) is 26.2 Å². The molecule has 1 heterocycles. The normalized spacial score (nSPS) is 16.1. The topological polar surface area (TPSA) is 87.7 Å². The average molecular weight is 464 g/mol. The fraction of sp³-hybridized carbons (Fsp3) is 0.435. The first-order chi connectivity index (χ1) is 15.3. The van der Waals surface area contributed by atoms with E-state index in [0.29, 0.717) is 13.2 Å². The van der Waals surface area contributed by atoms with Gasteiger partial charge in [0.25, 0.3) is 0 Å². The molecule has 2 aromatic rings. The zero-order valence-electron chi connectivity index (χ0n) is 18.4. The Morgan fingerprint density at radius 2 is 1.69 bits per heavy atom. The van der Waals surface area contributed by atoms with Crippen LogP contribution in [0.1, 0.15) is 25.0 Å². The van der Waals surface area contributed by atoms with Crippen molar-refractivity contribution >= 4 is 15.9 Å². The van der Waals surface area contributed by atoms with Crippen LogP contribution in [-0.4, -0.2) is 51.6 Å². The van der Waals surface area contributed by atoms with E-state index in [9.17, 15) is 17.6 Å². The molecule has 0 radical (unpaired) electrons. The van der Waals surface area contributed by atoms with E-state index < -0.39 is 32.7 Å². The van der Waals surface area contributed by atoms with E-state index in [4.69, 9.17) is 4.74 Å². The molecule has 1 aliphatic heterocycles. The van der Waals surface area contributed by atoms with Crippen molar-refractivity contribution in [2.45, 2.75) is 37.9 Å². The van der Waals surface area contributed by atoms with Crippen molar-refractivity contribution in [3.63, 3.8) is 0 Å². The summed E-state index contributed by atoms with van der Waals surface area (Å²) in [5.41, 5.74) is 2.06. The van der Waals surface area contributed by atoms with Crippen LogP contribution >= 0.6 is 0 Å². The van der Waals surface area contributed by atoms with Crippen LogP contribution in [0.15, 0.2) is 53.4 Å². The molecule has 1 amide bonds. The number of ether oxygens (including phenoxy) is 1. The fourth-order valence-corrected chi connectivity index (χ4v) is 4.99. The van der Waals surface area contributed by atoms with E-state index in [1.807, 2.05) is 24.3 Å². The molecule has 3 rings (SSSR count). The van der Waals surface area contributed by atoms with Gasteiger partial charge in [-0.25, -0.2) is 12.8 Å². The zero-order chi connectivity index (χ0) is 23.1. The lowest BCUT2D eigenvalue weighted by Gasteiger charge is -2.27. The van der Waals surface area contributed by atoms with Crippen LogP contribution in [0.2, 0.25) is 0 Å². The zero-order valence-corrected chi connectivity index (χ0v) is 19.2. The lowest BCUT2D eigenvalue weighted by molar-refractivity contribution is -0.123. The molecule has 1 saturated heterocycles. The Hall–Kier alpha value is -2.33. The maximum Gasteiger partial charge on any atom is 0.244 e. The summed E-state index contributed by atoms with van der Waals surface area (Å²) in [6, 6.07) is 11.9. The van der Waals surface area contributed by atoms with Crippen molar-refractivity contribution in [2.24, 2.45) is 5.92 Å². The third-order valence-electron chi connectivity index (χ3n) is 5.43. The summed E-state index contributed by atoms with van der Waals surface area (Å²) in [6.07, 6.45) is 0. The molecule has 0 bridgehead atoms. The number of carbonyl (C=O) groups excluding carboxylic acids is 1. The van der Waals surface area contributed by atoms with E-state index in [1.54, 1.807) is 13.8 Å². The Balaban J connectivity index is 1.68. The standard InChI is InChI=1S/C23H30FN3O4S/c1-17(2)22(26-32(29,30)21-10-6-5-9-20(21)24)23(28)25-15-18-7-3-4-8-19(18)16-27-11-13-31-14-12-27/h3-10,17,22,26H,11-16H2,1-2H3,(H,25,28)/t22-/m0/s1. The lowest BCUT2D eigenvalue weighted by Crippen LogP contribution is -2.49. The van der Waals surface area contributed by atoms with Crippen LogP contribution in [0.4, 0.5) is 4.39 Å². The summed E-state index contributed by atoms with van der Waals surface area (Å²) in [5.74, 6) is -1.65. The second-order valence-electron chi connectivity index (χ2n) is 8.15. The van der Waals surface area contributed by atoms with Gasteiger partial charge in [0.15, 0.2) is 0 Å². The Morgan fingerprint density at radius 3 is 2.34 bits per heavy atom. The highest BCUT2D eigenvalue weighted by Crippen LogP contribution is 2.16. The molecular formula is C23H30FN3O4S. The Labute approximate surface area is 189 Å². The highest BCUT2D eigenvalue weighted by atomic mass is 32.2. The molecule has 1 atom stereocenters. The van der Waals surface area contributed by atoms with Gasteiger partial charge in [0.1, 0.15) is 16.8 Å². The van der Waals surface area contributed by atoms with E-state index in [2.05, 4.69) is 14.9 Å². The molecule has 0 aromatic heterocycles. The molecule has 2 aromatic carbocycles. The third kappa shape index (κ3) is 6.35. The van der Waals surface area contributed by atoms with E-state index >= 15 is 0 Å². The molecule has 174 valence electrons. The van der Waals surface area contributed by atoms with Crippen LogP contribution in [-0.2, 0) is 32.6 Å².